The average Bonchev–Trinajstić information content (AvgIpc) is 2.79. The molecular formula is C23H20IN3O4. The second-order valence-corrected chi connectivity index (χ2v) is 7.46. The summed E-state index contributed by atoms with van der Waals surface area (Å²) in [5.41, 5.74) is 4.40. The van der Waals surface area contributed by atoms with Gasteiger partial charge in [0.1, 0.15) is 0 Å². The lowest BCUT2D eigenvalue weighted by Gasteiger charge is -2.13. The fourth-order valence-corrected chi connectivity index (χ4v) is 3.41. The summed E-state index contributed by atoms with van der Waals surface area (Å²) >= 11 is 2.09. The number of para-hydroxylation sites is 1. The van der Waals surface area contributed by atoms with Crippen LogP contribution in [-0.4, -0.2) is 31.7 Å². The third kappa shape index (κ3) is 6.54. The molecule has 3 rings (SSSR count). The zero-order chi connectivity index (χ0) is 22.1. The van der Waals surface area contributed by atoms with Gasteiger partial charge in [-0.2, -0.15) is 5.10 Å². The Bertz CT molecular complexity index is 1070. The smallest absolute Gasteiger partial charge is 0.271 e. The largest absolute Gasteiger partial charge is 0.493 e. The first-order valence-electron chi connectivity index (χ1n) is 9.30. The van der Waals surface area contributed by atoms with Crippen LogP contribution < -0.4 is 20.2 Å². The van der Waals surface area contributed by atoms with Gasteiger partial charge in [0.15, 0.2) is 18.1 Å². The number of anilines is 1. The lowest BCUT2D eigenvalue weighted by atomic mass is 10.2. The maximum absolute atomic E-state index is 12.1. The number of ether oxygens (including phenoxy) is 2. The molecule has 0 aromatic heterocycles. The number of nitrogens with one attached hydrogen (secondary N) is 2. The molecule has 0 unspecified atom stereocenters. The van der Waals surface area contributed by atoms with Gasteiger partial charge >= 0.3 is 0 Å². The van der Waals surface area contributed by atoms with Crippen LogP contribution in [0.25, 0.3) is 0 Å². The van der Waals surface area contributed by atoms with E-state index in [1.54, 1.807) is 42.5 Å². The number of hydrogen-bond acceptors (Lipinski definition) is 5. The van der Waals surface area contributed by atoms with Crippen molar-refractivity contribution in [1.82, 2.24) is 5.43 Å². The fraction of sp³-hybridized carbons (Fsp3) is 0.0870. The normalized spacial score (nSPS) is 10.5. The zero-order valence-corrected chi connectivity index (χ0v) is 18.8. The highest BCUT2D eigenvalue weighted by atomic mass is 127. The minimum absolute atomic E-state index is 0.165. The maximum atomic E-state index is 12.1. The highest BCUT2D eigenvalue weighted by Gasteiger charge is 2.13. The van der Waals surface area contributed by atoms with E-state index < -0.39 is 0 Å². The van der Waals surface area contributed by atoms with E-state index in [1.165, 1.54) is 13.3 Å². The average molecular weight is 529 g/mol. The number of benzene rings is 3. The van der Waals surface area contributed by atoms with Gasteiger partial charge in [-0.3, -0.25) is 9.59 Å². The first kappa shape index (κ1) is 22.3. The van der Waals surface area contributed by atoms with Crippen LogP contribution >= 0.6 is 22.6 Å². The van der Waals surface area contributed by atoms with Gasteiger partial charge < -0.3 is 14.8 Å². The van der Waals surface area contributed by atoms with E-state index in [0.29, 0.717) is 28.3 Å². The van der Waals surface area contributed by atoms with Gasteiger partial charge in [0.2, 0.25) is 0 Å². The van der Waals surface area contributed by atoms with Crippen molar-refractivity contribution in [3.8, 4) is 11.5 Å². The van der Waals surface area contributed by atoms with Crippen molar-refractivity contribution in [1.29, 1.82) is 0 Å². The molecule has 2 amide bonds. The number of methoxy groups -OCH3 is 1. The Balaban J connectivity index is 1.62. The maximum Gasteiger partial charge on any atom is 0.271 e. The molecule has 0 bridgehead atoms. The Labute approximate surface area is 193 Å². The molecule has 8 heteroatoms. The first-order valence-corrected chi connectivity index (χ1v) is 10.4. The van der Waals surface area contributed by atoms with Crippen molar-refractivity contribution in [2.75, 3.05) is 19.0 Å². The van der Waals surface area contributed by atoms with Crippen molar-refractivity contribution in [3.63, 3.8) is 0 Å². The van der Waals surface area contributed by atoms with E-state index in [1.807, 2.05) is 30.3 Å². The zero-order valence-electron chi connectivity index (χ0n) is 16.7. The molecule has 0 atom stereocenters. The number of nitrogens with zero attached hydrogens (tertiary/aromatic N) is 1. The Hall–Kier alpha value is -3.40. The number of amides is 2. The van der Waals surface area contributed by atoms with Gasteiger partial charge in [-0.05, 0) is 64.6 Å². The van der Waals surface area contributed by atoms with Crippen molar-refractivity contribution in [3.05, 3.63) is 87.5 Å². The predicted molar refractivity (Wildman–Crippen MR) is 128 cm³/mol. The van der Waals surface area contributed by atoms with Gasteiger partial charge in [-0.1, -0.05) is 36.4 Å². The molecule has 0 aliphatic rings. The highest BCUT2D eigenvalue weighted by molar-refractivity contribution is 14.1. The quantitative estimate of drug-likeness (QED) is 0.262. The van der Waals surface area contributed by atoms with Gasteiger partial charge in [0, 0.05) is 11.3 Å². The van der Waals surface area contributed by atoms with E-state index in [-0.39, 0.29) is 18.4 Å². The second kappa shape index (κ2) is 11.1. The number of rotatable bonds is 8. The van der Waals surface area contributed by atoms with Crippen molar-refractivity contribution in [2.24, 2.45) is 5.10 Å². The second-order valence-electron chi connectivity index (χ2n) is 6.30. The molecular weight excluding hydrogens is 509 g/mol. The van der Waals surface area contributed by atoms with E-state index in [2.05, 4.69) is 38.4 Å². The molecule has 0 fully saturated rings. The van der Waals surface area contributed by atoms with Crippen LogP contribution in [0.3, 0.4) is 0 Å². The number of hydrazone groups is 1. The van der Waals surface area contributed by atoms with E-state index in [9.17, 15) is 9.59 Å². The molecule has 3 aromatic carbocycles. The van der Waals surface area contributed by atoms with Gasteiger partial charge in [0.25, 0.3) is 11.8 Å². The van der Waals surface area contributed by atoms with Crippen molar-refractivity contribution >= 4 is 46.3 Å². The SMILES string of the molecule is COc1cc(/C=N/NC(=O)c2ccccc2)cc(I)c1OCC(=O)Nc1ccccc1. The van der Waals surface area contributed by atoms with Crippen LogP contribution in [0.2, 0.25) is 0 Å². The number of halogens is 1. The third-order valence-electron chi connectivity index (χ3n) is 4.07. The van der Waals surface area contributed by atoms with Gasteiger partial charge in [-0.15, -0.1) is 0 Å². The fourth-order valence-electron chi connectivity index (χ4n) is 2.63. The van der Waals surface area contributed by atoms with E-state index in [0.717, 1.165) is 3.57 Å². The molecule has 0 aliphatic heterocycles. The Morgan fingerprint density at radius 1 is 1.03 bits per heavy atom. The van der Waals surface area contributed by atoms with Crippen molar-refractivity contribution in [2.45, 2.75) is 0 Å². The summed E-state index contributed by atoms with van der Waals surface area (Å²) < 4.78 is 11.8. The topological polar surface area (TPSA) is 89.0 Å². The molecule has 158 valence electrons. The van der Waals surface area contributed by atoms with Crippen LogP contribution in [0.5, 0.6) is 11.5 Å². The lowest BCUT2D eigenvalue weighted by molar-refractivity contribution is -0.118. The third-order valence-corrected chi connectivity index (χ3v) is 4.87. The summed E-state index contributed by atoms with van der Waals surface area (Å²) in [6.07, 6.45) is 1.51. The van der Waals surface area contributed by atoms with Gasteiger partial charge in [0.05, 0.1) is 16.9 Å². The number of hydrogen-bond donors (Lipinski definition) is 2. The molecule has 7 nitrogen and oxygen atoms in total. The Morgan fingerprint density at radius 3 is 2.39 bits per heavy atom. The van der Waals surface area contributed by atoms with Crippen LogP contribution in [0.15, 0.2) is 77.9 Å². The molecule has 0 heterocycles. The Morgan fingerprint density at radius 2 is 1.71 bits per heavy atom. The summed E-state index contributed by atoms with van der Waals surface area (Å²) in [5, 5.41) is 6.76. The summed E-state index contributed by atoms with van der Waals surface area (Å²) in [5.74, 6) is 0.327. The molecule has 0 spiro atoms. The van der Waals surface area contributed by atoms with Crippen LogP contribution in [-0.2, 0) is 4.79 Å². The molecule has 0 saturated carbocycles. The minimum atomic E-state index is -0.303. The summed E-state index contributed by atoms with van der Waals surface area (Å²) in [6, 6.07) is 21.5. The summed E-state index contributed by atoms with van der Waals surface area (Å²) in [7, 11) is 1.51. The molecule has 0 saturated heterocycles. The molecule has 3 aromatic rings. The summed E-state index contributed by atoms with van der Waals surface area (Å²) in [6.45, 7) is -0.165. The standard InChI is InChI=1S/C23H20IN3O4/c1-30-20-13-16(14-25-27-23(29)17-8-4-2-5-9-17)12-19(24)22(20)31-15-21(28)26-18-10-6-3-7-11-18/h2-14H,15H2,1H3,(H,26,28)(H,27,29)/b25-14+. The first-order chi connectivity index (χ1) is 15.1. The van der Waals surface area contributed by atoms with Crippen LogP contribution in [0.1, 0.15) is 15.9 Å². The van der Waals surface area contributed by atoms with E-state index in [4.69, 9.17) is 9.47 Å². The summed E-state index contributed by atoms with van der Waals surface area (Å²) in [4.78, 5) is 24.2. The number of carbonyl (C=O) groups excluding carboxylic acids is 2. The molecule has 31 heavy (non-hydrogen) atoms. The molecule has 2 N–H and O–H groups in total. The lowest BCUT2D eigenvalue weighted by Crippen LogP contribution is -2.20. The van der Waals surface area contributed by atoms with Crippen LogP contribution in [0.4, 0.5) is 5.69 Å². The number of carbonyl (C=O) groups is 2. The van der Waals surface area contributed by atoms with E-state index >= 15 is 0 Å². The molecule has 0 aliphatic carbocycles. The van der Waals surface area contributed by atoms with Gasteiger partial charge in [-0.25, -0.2) is 5.43 Å². The van der Waals surface area contributed by atoms with Crippen molar-refractivity contribution < 1.29 is 19.1 Å². The minimum Gasteiger partial charge on any atom is -0.493 e. The Kier molecular flexibility index (Phi) is 7.99. The van der Waals surface area contributed by atoms with Crippen LogP contribution in [0, 0.1) is 3.57 Å². The predicted octanol–water partition coefficient (Wildman–Crippen LogP) is 4.08. The molecule has 0 radical (unpaired) electrons. The highest BCUT2D eigenvalue weighted by Crippen LogP contribution is 2.33. The monoisotopic (exact) mass is 529 g/mol.